The maximum absolute atomic E-state index is 12.5. The summed E-state index contributed by atoms with van der Waals surface area (Å²) in [6.07, 6.45) is 0.600. The number of rotatable bonds is 4. The Kier molecular flexibility index (Phi) is 4.04. The van der Waals surface area contributed by atoms with E-state index in [1.807, 2.05) is 24.3 Å². The van der Waals surface area contributed by atoms with Crippen LogP contribution in [-0.4, -0.2) is 32.4 Å². The number of imidazole rings is 1. The molecule has 0 aliphatic heterocycles. The molecular formula is C18H17N5O2S. The largest absolute Gasteiger partial charge is 0.351 e. The Morgan fingerprint density at radius 3 is 2.81 bits per heavy atom. The molecule has 3 heterocycles. The minimum atomic E-state index is -0.206. The van der Waals surface area contributed by atoms with Crippen molar-refractivity contribution in [2.45, 2.75) is 20.3 Å². The van der Waals surface area contributed by atoms with Crippen LogP contribution in [0.15, 0.2) is 29.1 Å². The third kappa shape index (κ3) is 2.88. The molecule has 0 atom stereocenters. The quantitative estimate of drug-likeness (QED) is 0.515. The third-order valence-corrected chi connectivity index (χ3v) is 5.40. The Morgan fingerprint density at radius 1 is 1.19 bits per heavy atom. The average Bonchev–Trinajstić information content (AvgIpc) is 3.15. The average molecular weight is 367 g/mol. The number of amides is 1. The molecule has 0 unspecified atom stereocenters. The minimum absolute atomic E-state index is 0.196. The predicted molar refractivity (Wildman–Crippen MR) is 102 cm³/mol. The van der Waals surface area contributed by atoms with E-state index >= 15 is 0 Å². The van der Waals surface area contributed by atoms with E-state index in [1.165, 1.54) is 11.3 Å². The summed E-state index contributed by atoms with van der Waals surface area (Å²) in [6.45, 7) is 3.96. The molecule has 0 spiro atoms. The SMILES string of the molecule is Cc1nc2sc(C(=O)NCCc3nc4ccccc4[nH]3)c(C)c2c(=O)[nH]1. The number of hydrogen-bond acceptors (Lipinski definition) is 5. The summed E-state index contributed by atoms with van der Waals surface area (Å²) in [7, 11) is 0. The van der Waals surface area contributed by atoms with Crippen LogP contribution in [-0.2, 0) is 6.42 Å². The molecule has 0 saturated heterocycles. The molecule has 8 heteroatoms. The summed E-state index contributed by atoms with van der Waals surface area (Å²) >= 11 is 1.24. The Bertz CT molecular complexity index is 1150. The van der Waals surface area contributed by atoms with Crippen molar-refractivity contribution >= 4 is 38.5 Å². The summed E-state index contributed by atoms with van der Waals surface area (Å²) < 4.78 is 0. The zero-order valence-electron chi connectivity index (χ0n) is 14.3. The highest BCUT2D eigenvalue weighted by Crippen LogP contribution is 2.26. The van der Waals surface area contributed by atoms with Gasteiger partial charge in [-0.2, -0.15) is 0 Å². The van der Waals surface area contributed by atoms with Gasteiger partial charge in [0.2, 0.25) is 0 Å². The highest BCUT2D eigenvalue weighted by atomic mass is 32.1. The zero-order valence-corrected chi connectivity index (χ0v) is 15.2. The van der Waals surface area contributed by atoms with Gasteiger partial charge in [-0.3, -0.25) is 9.59 Å². The number of hydrogen-bond donors (Lipinski definition) is 3. The Hall–Kier alpha value is -3.00. The third-order valence-electron chi connectivity index (χ3n) is 4.21. The molecule has 1 aromatic carbocycles. The fraction of sp³-hybridized carbons (Fsp3) is 0.222. The Labute approximate surface area is 152 Å². The molecule has 7 nitrogen and oxygen atoms in total. The normalized spacial score (nSPS) is 11.3. The summed E-state index contributed by atoms with van der Waals surface area (Å²) in [6, 6.07) is 7.81. The van der Waals surface area contributed by atoms with Crippen molar-refractivity contribution in [1.29, 1.82) is 0 Å². The number of carbonyl (C=O) groups is 1. The van der Waals surface area contributed by atoms with Gasteiger partial charge < -0.3 is 15.3 Å². The van der Waals surface area contributed by atoms with Gasteiger partial charge in [0.05, 0.1) is 21.3 Å². The van der Waals surface area contributed by atoms with E-state index in [9.17, 15) is 9.59 Å². The fourth-order valence-corrected chi connectivity index (χ4v) is 4.11. The number of para-hydroxylation sites is 2. The molecular weight excluding hydrogens is 350 g/mol. The molecule has 0 aliphatic carbocycles. The van der Waals surface area contributed by atoms with Gasteiger partial charge in [0.25, 0.3) is 11.5 Å². The van der Waals surface area contributed by atoms with Crippen molar-refractivity contribution in [1.82, 2.24) is 25.3 Å². The molecule has 26 heavy (non-hydrogen) atoms. The van der Waals surface area contributed by atoms with E-state index in [0.717, 1.165) is 16.9 Å². The number of aryl methyl sites for hydroxylation is 2. The molecule has 3 aromatic heterocycles. The second-order valence-corrected chi connectivity index (χ2v) is 7.09. The first-order valence-electron chi connectivity index (χ1n) is 8.25. The van der Waals surface area contributed by atoms with Crippen molar-refractivity contribution in [2.24, 2.45) is 0 Å². The van der Waals surface area contributed by atoms with Crippen LogP contribution in [0.5, 0.6) is 0 Å². The number of benzene rings is 1. The van der Waals surface area contributed by atoms with Crippen LogP contribution in [0.1, 0.15) is 26.9 Å². The molecule has 0 fully saturated rings. The van der Waals surface area contributed by atoms with Gasteiger partial charge in [-0.1, -0.05) is 12.1 Å². The second kappa shape index (κ2) is 6.38. The highest BCUT2D eigenvalue weighted by Gasteiger charge is 2.18. The van der Waals surface area contributed by atoms with E-state index < -0.39 is 0 Å². The lowest BCUT2D eigenvalue weighted by atomic mass is 10.2. The predicted octanol–water partition coefficient (Wildman–Crippen LogP) is 2.45. The molecule has 3 N–H and O–H groups in total. The number of fused-ring (bicyclic) bond motifs is 2. The van der Waals surface area contributed by atoms with Crippen molar-refractivity contribution < 1.29 is 4.79 Å². The summed E-state index contributed by atoms with van der Waals surface area (Å²) in [5, 5.41) is 3.39. The molecule has 4 aromatic rings. The molecule has 0 saturated carbocycles. The lowest BCUT2D eigenvalue weighted by Gasteiger charge is -2.02. The Morgan fingerprint density at radius 2 is 2.00 bits per heavy atom. The van der Waals surface area contributed by atoms with E-state index in [4.69, 9.17) is 0 Å². The number of carbonyl (C=O) groups excluding carboxylic acids is 1. The van der Waals surface area contributed by atoms with Crippen LogP contribution in [0.4, 0.5) is 0 Å². The zero-order chi connectivity index (χ0) is 18.3. The Balaban J connectivity index is 1.50. The van der Waals surface area contributed by atoms with E-state index in [-0.39, 0.29) is 11.5 Å². The molecule has 0 bridgehead atoms. The van der Waals surface area contributed by atoms with Gasteiger partial charge in [-0.05, 0) is 31.5 Å². The fourth-order valence-electron chi connectivity index (χ4n) is 2.97. The number of nitrogens with one attached hydrogen (secondary N) is 3. The van der Waals surface area contributed by atoms with Crippen molar-refractivity contribution in [2.75, 3.05) is 6.54 Å². The smallest absolute Gasteiger partial charge is 0.261 e. The van der Waals surface area contributed by atoms with Gasteiger partial charge in [-0.25, -0.2) is 9.97 Å². The minimum Gasteiger partial charge on any atom is -0.351 e. The highest BCUT2D eigenvalue weighted by molar-refractivity contribution is 7.20. The number of nitrogens with zero attached hydrogens (tertiary/aromatic N) is 2. The van der Waals surface area contributed by atoms with Crippen LogP contribution in [0.2, 0.25) is 0 Å². The first-order chi connectivity index (χ1) is 12.5. The number of H-pyrrole nitrogens is 2. The molecule has 1 amide bonds. The summed E-state index contributed by atoms with van der Waals surface area (Å²) in [5.74, 6) is 1.17. The van der Waals surface area contributed by atoms with Crippen LogP contribution < -0.4 is 10.9 Å². The first kappa shape index (κ1) is 16.5. The monoisotopic (exact) mass is 367 g/mol. The topological polar surface area (TPSA) is 104 Å². The van der Waals surface area contributed by atoms with Crippen LogP contribution in [0.25, 0.3) is 21.3 Å². The van der Waals surface area contributed by atoms with Crippen LogP contribution in [0.3, 0.4) is 0 Å². The van der Waals surface area contributed by atoms with E-state index in [2.05, 4.69) is 25.3 Å². The number of thiophene rings is 1. The maximum atomic E-state index is 12.5. The van der Waals surface area contributed by atoms with Crippen LogP contribution >= 0.6 is 11.3 Å². The van der Waals surface area contributed by atoms with E-state index in [0.29, 0.717) is 39.4 Å². The number of aromatic nitrogens is 4. The molecule has 0 radical (unpaired) electrons. The lowest BCUT2D eigenvalue weighted by molar-refractivity contribution is 0.0957. The molecule has 4 rings (SSSR count). The second-order valence-electron chi connectivity index (χ2n) is 6.09. The molecule has 0 aliphatic rings. The van der Waals surface area contributed by atoms with Crippen LogP contribution in [0, 0.1) is 13.8 Å². The first-order valence-corrected chi connectivity index (χ1v) is 9.06. The van der Waals surface area contributed by atoms with Gasteiger partial charge in [0.15, 0.2) is 0 Å². The lowest BCUT2D eigenvalue weighted by Crippen LogP contribution is -2.25. The number of aromatic amines is 2. The summed E-state index contributed by atoms with van der Waals surface area (Å²) in [5.41, 5.74) is 2.35. The van der Waals surface area contributed by atoms with Crippen molar-refractivity contribution in [3.63, 3.8) is 0 Å². The molecule has 132 valence electrons. The van der Waals surface area contributed by atoms with Crippen molar-refractivity contribution in [3.8, 4) is 0 Å². The van der Waals surface area contributed by atoms with Crippen molar-refractivity contribution in [3.05, 3.63) is 56.7 Å². The maximum Gasteiger partial charge on any atom is 0.261 e. The van der Waals surface area contributed by atoms with Gasteiger partial charge in [0, 0.05) is 13.0 Å². The van der Waals surface area contributed by atoms with E-state index in [1.54, 1.807) is 13.8 Å². The van der Waals surface area contributed by atoms with Gasteiger partial charge in [-0.15, -0.1) is 11.3 Å². The standard InChI is InChI=1S/C18H17N5O2S/c1-9-14-16(24)20-10(2)21-18(14)26-15(9)17(25)19-8-7-13-22-11-5-3-4-6-12(11)23-13/h3-6H,7-8H2,1-2H3,(H,19,25)(H,22,23)(H,20,21,24). The van der Waals surface area contributed by atoms with Gasteiger partial charge >= 0.3 is 0 Å². The van der Waals surface area contributed by atoms with Gasteiger partial charge in [0.1, 0.15) is 16.5 Å². The summed E-state index contributed by atoms with van der Waals surface area (Å²) in [4.78, 5) is 40.5.